The van der Waals surface area contributed by atoms with Crippen LogP contribution in [0.5, 0.6) is 23.0 Å². The van der Waals surface area contributed by atoms with Crippen LogP contribution in [0.4, 0.5) is 14.5 Å². The number of fused-ring (bicyclic) bond motifs is 4. The third-order valence-electron chi connectivity index (χ3n) is 16.1. The highest BCUT2D eigenvalue weighted by Crippen LogP contribution is 2.53. The zero-order valence-electron chi connectivity index (χ0n) is 43.3. The van der Waals surface area contributed by atoms with Gasteiger partial charge in [-0.05, 0) is 140 Å². The van der Waals surface area contributed by atoms with Crippen LogP contribution in [0.3, 0.4) is 0 Å². The van der Waals surface area contributed by atoms with Crippen molar-refractivity contribution >= 4 is 34.4 Å². The zero-order chi connectivity index (χ0) is 51.3. The van der Waals surface area contributed by atoms with E-state index in [1.807, 2.05) is 48.5 Å². The number of ether oxygens (including phenoxy) is 6. The smallest absolute Gasteiger partial charge is 0.231 e. The Morgan fingerprint density at radius 3 is 1.77 bits per heavy atom. The predicted octanol–water partition coefficient (Wildman–Crippen LogP) is 11.5. The molecule has 3 atom stereocenters. The first kappa shape index (κ1) is 50.7. The molecule has 13 heteroatoms. The highest BCUT2D eigenvalue weighted by Gasteiger charge is 2.52. The molecule has 3 unspecified atom stereocenters. The lowest BCUT2D eigenvalue weighted by Crippen LogP contribution is -2.31. The van der Waals surface area contributed by atoms with Crippen molar-refractivity contribution in [3.63, 3.8) is 0 Å². The maximum absolute atomic E-state index is 15.5. The number of halogens is 2. The first-order chi connectivity index (χ1) is 34.9. The fourth-order valence-corrected chi connectivity index (χ4v) is 11.2. The maximum atomic E-state index is 15.5. The van der Waals surface area contributed by atoms with Gasteiger partial charge < -0.3 is 43.1 Å². The second-order valence-electron chi connectivity index (χ2n) is 23.5. The maximum Gasteiger partial charge on any atom is 0.231 e. The number of benzene rings is 4. The molecular formula is C60H70F2N2O9. The monoisotopic (exact) mass is 1000 g/mol. The Labute approximate surface area is 427 Å². The van der Waals surface area contributed by atoms with Crippen LogP contribution in [0, 0.1) is 28.9 Å². The Hall–Kier alpha value is -5.79. The molecule has 0 amide bonds. The molecule has 0 spiro atoms. The first-order valence-corrected chi connectivity index (χ1v) is 26.3. The Morgan fingerprint density at radius 1 is 0.699 bits per heavy atom. The van der Waals surface area contributed by atoms with Gasteiger partial charge in [0.2, 0.25) is 13.6 Å². The topological polar surface area (TPSA) is 124 Å². The predicted molar refractivity (Wildman–Crippen MR) is 275 cm³/mol. The number of carbonyl (C=O) groups is 3. The van der Waals surface area contributed by atoms with Gasteiger partial charge in [-0.1, -0.05) is 59.7 Å². The Kier molecular flexibility index (Phi) is 14.0. The quantitative estimate of drug-likeness (QED) is 0.128. The van der Waals surface area contributed by atoms with Gasteiger partial charge in [-0.25, -0.2) is 8.78 Å². The molecule has 7 aliphatic rings. The van der Waals surface area contributed by atoms with E-state index in [1.54, 1.807) is 12.1 Å². The van der Waals surface area contributed by atoms with Gasteiger partial charge in [0.1, 0.15) is 29.5 Å². The molecule has 388 valence electrons. The number of nitrogens with one attached hydrogen (secondary N) is 1. The molecule has 73 heavy (non-hydrogen) atoms. The van der Waals surface area contributed by atoms with E-state index >= 15 is 4.39 Å². The summed E-state index contributed by atoms with van der Waals surface area (Å²) in [7, 11) is 0. The van der Waals surface area contributed by atoms with Gasteiger partial charge in [-0.3, -0.25) is 9.59 Å². The number of hydrogen-bond acceptors (Lipinski definition) is 10. The third kappa shape index (κ3) is 10.6. The van der Waals surface area contributed by atoms with Crippen LogP contribution < -0.4 is 24.3 Å². The molecule has 11 nitrogen and oxygen atoms in total. The van der Waals surface area contributed by atoms with E-state index in [0.717, 1.165) is 124 Å². The van der Waals surface area contributed by atoms with E-state index in [0.29, 0.717) is 46.6 Å². The fourth-order valence-electron chi connectivity index (χ4n) is 11.2. The number of hydrogen-bond donors (Lipinski definition) is 1. The van der Waals surface area contributed by atoms with Crippen molar-refractivity contribution < 1.29 is 51.6 Å². The van der Waals surface area contributed by atoms with Crippen LogP contribution in [0.25, 0.3) is 10.9 Å². The standard InChI is InChI=1S/C30H34FNO4.C24H26FNO3.C6H10O2/c1-29(2,3)27-12-21-11-20(23(31)15-24(21)32(27)16-19-5-4-10-34-17-19)13-28(33)30(8-9-30)22-6-7-25-26(14-22)36-18-35-25;1-23(2,3)21-9-15-8-14(17(25)12-18(15)26-21)10-22(27)24(6-7-24)16-4-5-19-20(11-16)29-13-28-19;7-4-6-2-1-3-8-5-6/h6-7,11-12,14-15,19H,4-5,8-10,13,16-18H2,1-3H3;4-5,8,11-12,21,26H,6-7,9-10,13H2,1-3H3;4,6H,1-3,5H2. The van der Waals surface area contributed by atoms with Crippen LogP contribution >= 0.6 is 0 Å². The van der Waals surface area contributed by atoms with Crippen molar-refractivity contribution in [1.82, 2.24) is 4.57 Å². The molecule has 0 bridgehead atoms. The molecule has 1 aromatic heterocycles. The molecule has 2 aliphatic carbocycles. The van der Waals surface area contributed by atoms with E-state index in [2.05, 4.69) is 57.5 Å². The second kappa shape index (κ2) is 20.1. The van der Waals surface area contributed by atoms with Gasteiger partial charge in [-0.2, -0.15) is 0 Å². The number of Topliss-reactive ketones (excluding diaryl/α,β-unsaturated/α-hetero) is 2. The van der Waals surface area contributed by atoms with Gasteiger partial charge in [-0.15, -0.1) is 0 Å². The largest absolute Gasteiger partial charge is 0.454 e. The van der Waals surface area contributed by atoms with Gasteiger partial charge in [0.15, 0.2) is 23.0 Å². The molecule has 0 radical (unpaired) electrons. The van der Waals surface area contributed by atoms with Crippen LogP contribution in [0.2, 0.25) is 0 Å². The lowest BCUT2D eigenvalue weighted by atomic mass is 9.84. The van der Waals surface area contributed by atoms with E-state index in [1.165, 1.54) is 5.69 Å². The summed E-state index contributed by atoms with van der Waals surface area (Å²) in [6, 6.07) is 20.9. The molecule has 1 N–H and O–H groups in total. The van der Waals surface area contributed by atoms with E-state index in [-0.39, 0.29) is 72.4 Å². The average molecular weight is 1000 g/mol. The Morgan fingerprint density at radius 2 is 1.26 bits per heavy atom. The van der Waals surface area contributed by atoms with Crippen LogP contribution in [0.15, 0.2) is 66.7 Å². The van der Waals surface area contributed by atoms with Crippen LogP contribution in [-0.4, -0.2) is 68.5 Å². The molecule has 4 fully saturated rings. The molecule has 2 saturated heterocycles. The summed E-state index contributed by atoms with van der Waals surface area (Å²) >= 11 is 0. The number of carbonyl (C=O) groups excluding carboxylic acids is 3. The normalized spacial score (nSPS) is 21.7. The Balaban J connectivity index is 0.000000148. The molecule has 5 aromatic rings. The Bertz CT molecular complexity index is 2890. The summed E-state index contributed by atoms with van der Waals surface area (Å²) in [5.74, 6) is 2.92. The van der Waals surface area contributed by atoms with Crippen molar-refractivity contribution in [2.45, 2.75) is 141 Å². The van der Waals surface area contributed by atoms with E-state index in [4.69, 9.17) is 28.4 Å². The number of rotatable bonds is 11. The number of aromatic nitrogens is 1. The second-order valence-corrected chi connectivity index (χ2v) is 23.5. The molecule has 6 heterocycles. The van der Waals surface area contributed by atoms with Crippen molar-refractivity contribution in [1.29, 1.82) is 0 Å². The summed E-state index contributed by atoms with van der Waals surface area (Å²) in [5.41, 5.74) is 5.83. The fraction of sp³-hybridized carbons (Fsp3) is 0.517. The summed E-state index contributed by atoms with van der Waals surface area (Å²) in [5, 5.41) is 4.43. The molecule has 2 saturated carbocycles. The number of aldehydes is 1. The minimum atomic E-state index is -0.550. The minimum absolute atomic E-state index is 0.0643. The first-order valence-electron chi connectivity index (χ1n) is 26.3. The summed E-state index contributed by atoms with van der Waals surface area (Å²) in [4.78, 5) is 36.8. The van der Waals surface area contributed by atoms with Crippen LogP contribution in [0.1, 0.15) is 126 Å². The lowest BCUT2D eigenvalue weighted by Gasteiger charge is -2.27. The number of anilines is 1. The number of ketones is 2. The highest BCUT2D eigenvalue weighted by molar-refractivity contribution is 5.96. The summed E-state index contributed by atoms with van der Waals surface area (Å²) < 4.78 is 65.1. The van der Waals surface area contributed by atoms with E-state index in [9.17, 15) is 18.8 Å². The molecule has 4 aromatic carbocycles. The minimum Gasteiger partial charge on any atom is -0.454 e. The van der Waals surface area contributed by atoms with Crippen molar-refractivity contribution in [2.75, 3.05) is 45.3 Å². The zero-order valence-corrected chi connectivity index (χ0v) is 43.3. The van der Waals surface area contributed by atoms with Gasteiger partial charge in [0.25, 0.3) is 0 Å². The summed E-state index contributed by atoms with van der Waals surface area (Å²) in [6.45, 7) is 17.4. The SMILES string of the molecule is CC(C)(C)C1Cc2cc(CC(=O)C3(c4ccc5c(c4)OCO5)CC3)c(F)cc2N1.CC(C)(C)c1cc2cc(CC(=O)C3(c4ccc5c(c4)OCO5)CC3)c(F)cc2n1CC1CCCOC1.O=CC1CCCOC1. The van der Waals surface area contributed by atoms with Crippen molar-refractivity contribution in [3.05, 3.63) is 112 Å². The number of nitrogens with zero attached hydrogens (tertiary/aromatic N) is 1. The molecule has 12 rings (SSSR count). The van der Waals surface area contributed by atoms with Gasteiger partial charge >= 0.3 is 0 Å². The van der Waals surface area contributed by atoms with Crippen molar-refractivity contribution in [3.8, 4) is 23.0 Å². The van der Waals surface area contributed by atoms with Gasteiger partial charge in [0, 0.05) is 72.7 Å². The summed E-state index contributed by atoms with van der Waals surface area (Å²) in [6.07, 6.45) is 9.46. The highest BCUT2D eigenvalue weighted by atomic mass is 19.1. The average Bonchev–Trinajstić information content (AvgIpc) is 4.12. The molecular weight excluding hydrogens is 931 g/mol. The van der Waals surface area contributed by atoms with Gasteiger partial charge in [0.05, 0.1) is 29.6 Å². The van der Waals surface area contributed by atoms with Crippen LogP contribution in [-0.2, 0) is 65.9 Å². The lowest BCUT2D eigenvalue weighted by molar-refractivity contribution is -0.121. The molecule has 5 aliphatic heterocycles. The van der Waals surface area contributed by atoms with E-state index < -0.39 is 10.8 Å². The van der Waals surface area contributed by atoms with Crippen molar-refractivity contribution in [2.24, 2.45) is 17.3 Å². The third-order valence-corrected chi connectivity index (χ3v) is 16.1.